The summed E-state index contributed by atoms with van der Waals surface area (Å²) in [6.45, 7) is 12.6. The number of hydrogen-bond acceptors (Lipinski definition) is 8. The molecule has 0 bridgehead atoms. The molecule has 6 nitrogen and oxygen atoms in total. The molecule has 2 aromatic rings. The monoisotopic (exact) mass is 599 g/mol. The van der Waals surface area contributed by atoms with E-state index in [-0.39, 0.29) is 0 Å². The minimum atomic E-state index is 0.462. The van der Waals surface area contributed by atoms with E-state index < -0.39 is 0 Å². The number of hydrogen-bond donors (Lipinski definition) is 2. The van der Waals surface area contributed by atoms with Gasteiger partial charge in [-0.2, -0.15) is 0 Å². The molecule has 4 aliphatic rings. The van der Waals surface area contributed by atoms with E-state index in [9.17, 15) is 0 Å². The third kappa shape index (κ3) is 6.20. The normalized spacial score (nSPS) is 16.6. The number of anilines is 4. The second kappa shape index (κ2) is 12.3. The van der Waals surface area contributed by atoms with Crippen LogP contribution in [0.5, 0.6) is 0 Å². The maximum absolute atomic E-state index is 4.67. The summed E-state index contributed by atoms with van der Waals surface area (Å²) in [5.74, 6) is 0. The van der Waals surface area contributed by atoms with E-state index in [1.165, 1.54) is 32.5 Å². The number of nitrogens with zero attached hydrogens (tertiary/aromatic N) is 4. The summed E-state index contributed by atoms with van der Waals surface area (Å²) in [5, 5.41) is 9.30. The Kier molecular flexibility index (Phi) is 9.47. The van der Waals surface area contributed by atoms with Gasteiger partial charge in [0.1, 0.15) is 0 Å². The Bertz CT molecular complexity index is 1030. The average Bonchev–Trinajstić information content (AvgIpc) is 3.56. The molecular formula is C24H30Cl2CuN6S2. The van der Waals surface area contributed by atoms with Crippen LogP contribution in [0.4, 0.5) is 22.7 Å². The molecule has 35 heavy (non-hydrogen) atoms. The molecule has 0 radical (unpaired) electrons. The zero-order chi connectivity index (χ0) is 24.9. The zero-order valence-corrected chi connectivity index (χ0v) is 24.2. The van der Waals surface area contributed by atoms with Gasteiger partial charge < -0.3 is 20.4 Å². The molecule has 4 aliphatic heterocycles. The zero-order valence-electron chi connectivity index (χ0n) is 20.1. The Morgan fingerprint density at radius 1 is 0.771 bits per heavy atom. The summed E-state index contributed by atoms with van der Waals surface area (Å²) < 4.78 is 0. The van der Waals surface area contributed by atoms with Gasteiger partial charge in [-0.1, -0.05) is 12.1 Å². The number of thioether (sulfide) groups is 2. The molecule has 6 rings (SSSR count). The van der Waals surface area contributed by atoms with Gasteiger partial charge in [-0.05, 0) is 75.5 Å². The van der Waals surface area contributed by atoms with E-state index in [0.717, 1.165) is 49.6 Å². The van der Waals surface area contributed by atoms with Gasteiger partial charge in [-0.15, -0.1) is 0 Å². The van der Waals surface area contributed by atoms with Crippen LogP contribution < -0.4 is 20.4 Å². The van der Waals surface area contributed by atoms with Crippen molar-refractivity contribution in [3.63, 3.8) is 0 Å². The number of halogens is 2. The summed E-state index contributed by atoms with van der Waals surface area (Å²) in [6.07, 6.45) is 0. The molecule has 2 N–H and O–H groups in total. The Morgan fingerprint density at radius 3 is 1.54 bits per heavy atom. The average molecular weight is 601 g/mol. The molecule has 0 fully saturated rings. The summed E-state index contributed by atoms with van der Waals surface area (Å²) in [4.78, 5) is 16.3. The van der Waals surface area contributed by atoms with Gasteiger partial charge >= 0.3 is 33.3 Å². The predicted molar refractivity (Wildman–Crippen MR) is 153 cm³/mol. The topological polar surface area (TPSA) is 55.3 Å². The molecule has 11 heteroatoms. The third-order valence-corrected chi connectivity index (χ3v) is 7.78. The molecule has 0 spiro atoms. The van der Waals surface area contributed by atoms with Gasteiger partial charge in [0, 0.05) is 25.2 Å². The van der Waals surface area contributed by atoms with E-state index in [1.54, 1.807) is 23.5 Å². The summed E-state index contributed by atoms with van der Waals surface area (Å²) in [7, 11) is 9.34. The Labute approximate surface area is 231 Å². The van der Waals surface area contributed by atoms with Crippen molar-refractivity contribution in [2.45, 2.75) is 49.6 Å². The summed E-state index contributed by atoms with van der Waals surface area (Å²) >= 11 is 4.33. The number of benzene rings is 2. The molecule has 2 aromatic carbocycles. The molecule has 0 aromatic heterocycles. The van der Waals surface area contributed by atoms with E-state index in [0.29, 0.717) is 12.1 Å². The van der Waals surface area contributed by atoms with Gasteiger partial charge in [-0.25, -0.2) is 0 Å². The van der Waals surface area contributed by atoms with Gasteiger partial charge in [0.05, 0.1) is 45.6 Å². The SMILES string of the molecule is CC(C)Nc1cccc2c1SC1=NCCN12.CC(C)Nc1cccc2c1SC1=NCCN12.[Cl][Cu][Cl]. The van der Waals surface area contributed by atoms with Crippen LogP contribution in [-0.4, -0.2) is 48.6 Å². The minimum absolute atomic E-state index is 0.462. The number of rotatable bonds is 4. The molecule has 0 amide bonds. The Morgan fingerprint density at radius 2 is 1.17 bits per heavy atom. The summed E-state index contributed by atoms with van der Waals surface area (Å²) in [5.41, 5.74) is 5.09. The van der Waals surface area contributed by atoms with Crippen LogP contribution in [0, 0.1) is 0 Å². The van der Waals surface area contributed by atoms with Crippen LogP contribution in [0.25, 0.3) is 0 Å². The van der Waals surface area contributed by atoms with Gasteiger partial charge in [-0.3, -0.25) is 9.98 Å². The first-order valence-corrected chi connectivity index (χ1v) is 15.8. The first-order valence-electron chi connectivity index (χ1n) is 11.5. The predicted octanol–water partition coefficient (Wildman–Crippen LogP) is 6.95. The van der Waals surface area contributed by atoms with Gasteiger partial charge in [0.15, 0.2) is 10.3 Å². The van der Waals surface area contributed by atoms with Crippen molar-refractivity contribution < 1.29 is 13.1 Å². The fourth-order valence-electron chi connectivity index (χ4n) is 4.20. The van der Waals surface area contributed by atoms with Crippen molar-refractivity contribution in [1.82, 2.24) is 0 Å². The third-order valence-electron chi connectivity index (χ3n) is 5.45. The van der Waals surface area contributed by atoms with E-state index in [1.807, 2.05) is 0 Å². The van der Waals surface area contributed by atoms with Crippen molar-refractivity contribution in [2.24, 2.45) is 9.98 Å². The Balaban J connectivity index is 0.000000149. The molecule has 0 unspecified atom stereocenters. The molecular weight excluding hydrogens is 571 g/mol. The van der Waals surface area contributed by atoms with Gasteiger partial charge in [0.25, 0.3) is 0 Å². The number of nitrogens with one attached hydrogen (secondary N) is 2. The molecule has 0 aliphatic carbocycles. The summed E-state index contributed by atoms with van der Waals surface area (Å²) in [6, 6.07) is 13.8. The van der Waals surface area contributed by atoms with Crippen LogP contribution in [-0.2, 0) is 13.1 Å². The molecule has 0 saturated heterocycles. The maximum atomic E-state index is 4.67. The molecule has 0 atom stereocenters. The van der Waals surface area contributed by atoms with Crippen molar-refractivity contribution in [2.75, 3.05) is 46.6 Å². The van der Waals surface area contributed by atoms with Crippen molar-refractivity contribution >= 4 is 76.8 Å². The molecule has 193 valence electrons. The first-order chi connectivity index (χ1) is 16.9. The second-order valence-electron chi connectivity index (χ2n) is 8.78. The van der Waals surface area contributed by atoms with Crippen LogP contribution in [0.15, 0.2) is 56.2 Å². The number of aliphatic imine (C=N–C) groups is 2. The van der Waals surface area contributed by atoms with Crippen LogP contribution >= 0.6 is 43.7 Å². The number of fused-ring (bicyclic) bond motifs is 6. The van der Waals surface area contributed by atoms with Crippen molar-refractivity contribution in [1.29, 1.82) is 0 Å². The standard InChI is InChI=1S/2C12H15N3S.2ClH.Cu/c2*1-8(2)14-9-4-3-5-10-11(9)16-12-13-6-7-15(10)12;;;/h2*3-5,8,14H,6-7H2,1-2H3;2*1H;/q;;;;+2/p-2. The van der Waals surface area contributed by atoms with E-state index >= 15 is 0 Å². The van der Waals surface area contributed by atoms with E-state index in [2.05, 4.69) is 115 Å². The quantitative estimate of drug-likeness (QED) is 0.370. The number of amidine groups is 2. The molecule has 0 saturated carbocycles. The molecule has 4 heterocycles. The van der Waals surface area contributed by atoms with E-state index in [4.69, 9.17) is 0 Å². The Hall–Kier alpha value is -1.22. The van der Waals surface area contributed by atoms with Crippen molar-refractivity contribution in [3.05, 3.63) is 36.4 Å². The van der Waals surface area contributed by atoms with Gasteiger partial charge in [0.2, 0.25) is 0 Å². The fourth-order valence-corrected chi connectivity index (χ4v) is 6.51. The van der Waals surface area contributed by atoms with Crippen LogP contribution in [0.2, 0.25) is 0 Å². The second-order valence-corrected chi connectivity index (χ2v) is 12.3. The first kappa shape index (κ1) is 26.8. The van der Waals surface area contributed by atoms with Crippen LogP contribution in [0.1, 0.15) is 27.7 Å². The fraction of sp³-hybridized carbons (Fsp3) is 0.417. The van der Waals surface area contributed by atoms with Crippen molar-refractivity contribution in [3.8, 4) is 0 Å². The van der Waals surface area contributed by atoms with Crippen LogP contribution in [0.3, 0.4) is 0 Å².